The summed E-state index contributed by atoms with van der Waals surface area (Å²) in [6.07, 6.45) is 8.56. The SMILES string of the molecule is C1CC(c2nnc(CN3CCCC4(CCCO4)C3)o2)C1. The average Bonchev–Trinajstić information content (AvgIpc) is 2.98. The van der Waals surface area contributed by atoms with Gasteiger partial charge in [0, 0.05) is 19.1 Å². The van der Waals surface area contributed by atoms with Gasteiger partial charge in [0.05, 0.1) is 12.1 Å². The molecule has 0 N–H and O–H groups in total. The van der Waals surface area contributed by atoms with Gasteiger partial charge in [0.2, 0.25) is 11.8 Å². The molecule has 0 aromatic carbocycles. The van der Waals surface area contributed by atoms with Gasteiger partial charge in [-0.1, -0.05) is 6.42 Å². The van der Waals surface area contributed by atoms with Crippen molar-refractivity contribution in [3.63, 3.8) is 0 Å². The molecule has 1 aliphatic carbocycles. The van der Waals surface area contributed by atoms with Gasteiger partial charge in [-0.2, -0.15) is 0 Å². The summed E-state index contributed by atoms with van der Waals surface area (Å²) >= 11 is 0. The van der Waals surface area contributed by atoms with Gasteiger partial charge >= 0.3 is 0 Å². The Morgan fingerprint density at radius 2 is 2.05 bits per heavy atom. The summed E-state index contributed by atoms with van der Waals surface area (Å²) in [6.45, 7) is 3.85. The van der Waals surface area contributed by atoms with Gasteiger partial charge in [0.15, 0.2) is 0 Å². The molecule has 3 fully saturated rings. The van der Waals surface area contributed by atoms with E-state index in [-0.39, 0.29) is 5.60 Å². The normalized spacial score (nSPS) is 31.8. The minimum atomic E-state index is 0.120. The Labute approximate surface area is 119 Å². The summed E-state index contributed by atoms with van der Waals surface area (Å²) < 4.78 is 11.8. The summed E-state index contributed by atoms with van der Waals surface area (Å²) in [5, 5.41) is 8.45. The van der Waals surface area contributed by atoms with Crippen LogP contribution in [0.2, 0.25) is 0 Å². The van der Waals surface area contributed by atoms with Crippen molar-refractivity contribution < 1.29 is 9.15 Å². The van der Waals surface area contributed by atoms with E-state index in [4.69, 9.17) is 9.15 Å². The molecule has 1 unspecified atom stereocenters. The smallest absolute Gasteiger partial charge is 0.230 e. The van der Waals surface area contributed by atoms with Crippen molar-refractivity contribution in [2.45, 2.75) is 63.0 Å². The highest BCUT2D eigenvalue weighted by molar-refractivity contribution is 4.97. The van der Waals surface area contributed by atoms with E-state index >= 15 is 0 Å². The van der Waals surface area contributed by atoms with Crippen molar-refractivity contribution in [1.29, 1.82) is 0 Å². The van der Waals surface area contributed by atoms with Crippen LogP contribution in [0.5, 0.6) is 0 Å². The van der Waals surface area contributed by atoms with Crippen LogP contribution < -0.4 is 0 Å². The Hall–Kier alpha value is -0.940. The fourth-order valence-electron chi connectivity index (χ4n) is 3.74. The fraction of sp³-hybridized carbons (Fsp3) is 0.867. The lowest BCUT2D eigenvalue weighted by atomic mass is 9.85. The van der Waals surface area contributed by atoms with E-state index in [1.54, 1.807) is 0 Å². The predicted octanol–water partition coefficient (Wildman–Crippen LogP) is 2.48. The number of ether oxygens (including phenoxy) is 1. The van der Waals surface area contributed by atoms with Crippen LogP contribution in [0, 0.1) is 0 Å². The molecule has 1 spiro atoms. The summed E-state index contributed by atoms with van der Waals surface area (Å²) in [5.74, 6) is 2.17. The van der Waals surface area contributed by atoms with Crippen molar-refractivity contribution >= 4 is 0 Å². The minimum Gasteiger partial charge on any atom is -0.424 e. The summed E-state index contributed by atoms with van der Waals surface area (Å²) in [5.41, 5.74) is 0.120. The van der Waals surface area contributed by atoms with Gasteiger partial charge in [0.25, 0.3) is 0 Å². The molecule has 1 aromatic heterocycles. The summed E-state index contributed by atoms with van der Waals surface area (Å²) in [4.78, 5) is 2.42. The highest BCUT2D eigenvalue weighted by Crippen LogP contribution is 2.36. The standard InChI is InChI=1S/C15H23N3O2/c1-4-12(5-1)14-17-16-13(20-14)10-18-8-2-6-15(11-18)7-3-9-19-15/h12H,1-11H2. The maximum atomic E-state index is 6.01. The van der Waals surface area contributed by atoms with Gasteiger partial charge in [-0.15, -0.1) is 10.2 Å². The third kappa shape index (κ3) is 2.37. The zero-order valence-electron chi connectivity index (χ0n) is 12.0. The highest BCUT2D eigenvalue weighted by Gasteiger charge is 2.39. The molecule has 1 saturated carbocycles. The van der Waals surface area contributed by atoms with Crippen LogP contribution in [0.4, 0.5) is 0 Å². The second-order valence-corrected chi connectivity index (χ2v) is 6.61. The van der Waals surface area contributed by atoms with Crippen LogP contribution in [-0.2, 0) is 11.3 Å². The van der Waals surface area contributed by atoms with Gasteiger partial charge < -0.3 is 9.15 Å². The molecule has 3 heterocycles. The number of hydrogen-bond donors (Lipinski definition) is 0. The third-order valence-corrected chi connectivity index (χ3v) is 5.10. The number of hydrogen-bond acceptors (Lipinski definition) is 5. The van der Waals surface area contributed by atoms with Gasteiger partial charge in [-0.3, -0.25) is 4.90 Å². The molecular weight excluding hydrogens is 254 g/mol. The van der Waals surface area contributed by atoms with E-state index in [9.17, 15) is 0 Å². The number of piperidine rings is 1. The van der Waals surface area contributed by atoms with E-state index in [0.29, 0.717) is 5.92 Å². The van der Waals surface area contributed by atoms with E-state index in [1.165, 1.54) is 44.9 Å². The molecule has 0 radical (unpaired) electrons. The molecule has 0 amide bonds. The monoisotopic (exact) mass is 277 g/mol. The maximum absolute atomic E-state index is 6.01. The molecular formula is C15H23N3O2. The summed E-state index contributed by atoms with van der Waals surface area (Å²) in [6, 6.07) is 0. The Morgan fingerprint density at radius 3 is 2.80 bits per heavy atom. The van der Waals surface area contributed by atoms with Crippen molar-refractivity contribution in [3.05, 3.63) is 11.8 Å². The molecule has 5 heteroatoms. The van der Waals surface area contributed by atoms with Crippen LogP contribution in [0.15, 0.2) is 4.42 Å². The largest absolute Gasteiger partial charge is 0.424 e. The molecule has 20 heavy (non-hydrogen) atoms. The first kappa shape index (κ1) is 12.8. The lowest BCUT2D eigenvalue weighted by Gasteiger charge is -2.39. The first-order chi connectivity index (χ1) is 9.83. The van der Waals surface area contributed by atoms with Crippen LogP contribution >= 0.6 is 0 Å². The molecule has 0 bridgehead atoms. The third-order valence-electron chi connectivity index (χ3n) is 5.10. The number of rotatable bonds is 3. The Kier molecular flexibility index (Phi) is 3.27. The lowest BCUT2D eigenvalue weighted by molar-refractivity contribution is -0.0548. The molecule has 2 saturated heterocycles. The van der Waals surface area contributed by atoms with Crippen molar-refractivity contribution in [2.75, 3.05) is 19.7 Å². The van der Waals surface area contributed by atoms with E-state index < -0.39 is 0 Å². The predicted molar refractivity (Wildman–Crippen MR) is 73.3 cm³/mol. The van der Waals surface area contributed by atoms with Crippen LogP contribution in [-0.4, -0.2) is 40.4 Å². The molecule has 110 valence electrons. The van der Waals surface area contributed by atoms with Gasteiger partial charge in [0.1, 0.15) is 0 Å². The zero-order valence-corrected chi connectivity index (χ0v) is 12.0. The fourth-order valence-corrected chi connectivity index (χ4v) is 3.74. The second-order valence-electron chi connectivity index (χ2n) is 6.61. The lowest BCUT2D eigenvalue weighted by Crippen LogP contribution is -2.47. The van der Waals surface area contributed by atoms with E-state index in [0.717, 1.165) is 38.0 Å². The Bertz CT molecular complexity index is 463. The van der Waals surface area contributed by atoms with Gasteiger partial charge in [-0.05, 0) is 45.1 Å². The van der Waals surface area contributed by atoms with Crippen LogP contribution in [0.3, 0.4) is 0 Å². The molecule has 2 aliphatic heterocycles. The van der Waals surface area contributed by atoms with Crippen LogP contribution in [0.1, 0.15) is 62.6 Å². The Balaban J connectivity index is 1.39. The average molecular weight is 277 g/mol. The molecule has 3 aliphatic rings. The van der Waals surface area contributed by atoms with E-state index in [1.807, 2.05) is 0 Å². The minimum absolute atomic E-state index is 0.120. The van der Waals surface area contributed by atoms with Gasteiger partial charge in [-0.25, -0.2) is 0 Å². The maximum Gasteiger partial charge on any atom is 0.230 e. The quantitative estimate of drug-likeness (QED) is 0.849. The number of likely N-dealkylation sites (tertiary alicyclic amines) is 1. The first-order valence-electron chi connectivity index (χ1n) is 8.02. The number of nitrogens with zero attached hydrogens (tertiary/aromatic N) is 3. The van der Waals surface area contributed by atoms with Crippen molar-refractivity contribution in [3.8, 4) is 0 Å². The second kappa shape index (κ2) is 5.11. The van der Waals surface area contributed by atoms with Crippen molar-refractivity contribution in [2.24, 2.45) is 0 Å². The van der Waals surface area contributed by atoms with Crippen LogP contribution in [0.25, 0.3) is 0 Å². The molecule has 1 atom stereocenters. The molecule has 4 rings (SSSR count). The zero-order chi connectivity index (χ0) is 13.4. The highest BCUT2D eigenvalue weighted by atomic mass is 16.5. The topological polar surface area (TPSA) is 51.4 Å². The summed E-state index contributed by atoms with van der Waals surface area (Å²) in [7, 11) is 0. The van der Waals surface area contributed by atoms with E-state index in [2.05, 4.69) is 15.1 Å². The molecule has 5 nitrogen and oxygen atoms in total. The Morgan fingerprint density at radius 1 is 1.15 bits per heavy atom. The van der Waals surface area contributed by atoms with Crippen molar-refractivity contribution in [1.82, 2.24) is 15.1 Å². The molecule has 1 aromatic rings. The first-order valence-corrected chi connectivity index (χ1v) is 8.02. The number of aromatic nitrogens is 2.